The van der Waals surface area contributed by atoms with Crippen LogP contribution in [0.3, 0.4) is 0 Å². The van der Waals surface area contributed by atoms with Gasteiger partial charge in [0.15, 0.2) is 0 Å². The van der Waals surface area contributed by atoms with E-state index in [4.69, 9.17) is 11.5 Å². The van der Waals surface area contributed by atoms with Crippen LogP contribution in [0.2, 0.25) is 0 Å². The lowest BCUT2D eigenvalue weighted by molar-refractivity contribution is -0.118. The first-order valence-electron chi connectivity index (χ1n) is 5.15. The molecule has 0 aliphatic rings. The second-order valence-electron chi connectivity index (χ2n) is 3.56. The fourth-order valence-corrected chi connectivity index (χ4v) is 1.25. The van der Waals surface area contributed by atoms with Gasteiger partial charge >= 0.3 is 0 Å². The maximum atomic E-state index is 10.6. The van der Waals surface area contributed by atoms with Gasteiger partial charge < -0.3 is 16.8 Å². The number of hydrogen-bond donors (Lipinski definition) is 3. The SMILES string of the molecule is CC(=O)NCCC=Cc1ccc(N)c(N)c1. The van der Waals surface area contributed by atoms with E-state index in [-0.39, 0.29) is 5.91 Å². The average molecular weight is 219 g/mol. The van der Waals surface area contributed by atoms with Crippen LogP contribution in [0.15, 0.2) is 24.3 Å². The van der Waals surface area contributed by atoms with Crippen molar-refractivity contribution in [3.63, 3.8) is 0 Å². The molecule has 1 amide bonds. The molecule has 0 unspecified atom stereocenters. The minimum Gasteiger partial charge on any atom is -0.397 e. The Bertz CT molecular complexity index is 399. The first-order valence-corrected chi connectivity index (χ1v) is 5.15. The van der Waals surface area contributed by atoms with E-state index in [0.717, 1.165) is 12.0 Å². The predicted octanol–water partition coefficient (Wildman–Crippen LogP) is 1.39. The molecule has 1 rings (SSSR count). The zero-order valence-electron chi connectivity index (χ0n) is 9.36. The summed E-state index contributed by atoms with van der Waals surface area (Å²) in [5, 5.41) is 2.72. The van der Waals surface area contributed by atoms with Gasteiger partial charge in [-0.1, -0.05) is 18.2 Å². The van der Waals surface area contributed by atoms with Gasteiger partial charge in [-0.15, -0.1) is 0 Å². The van der Waals surface area contributed by atoms with Crippen molar-refractivity contribution in [2.75, 3.05) is 18.0 Å². The molecule has 0 aliphatic carbocycles. The van der Waals surface area contributed by atoms with Crippen molar-refractivity contribution in [1.29, 1.82) is 0 Å². The smallest absolute Gasteiger partial charge is 0.216 e. The van der Waals surface area contributed by atoms with Crippen LogP contribution in [0.4, 0.5) is 11.4 Å². The third kappa shape index (κ3) is 4.04. The van der Waals surface area contributed by atoms with Crippen molar-refractivity contribution in [2.24, 2.45) is 0 Å². The summed E-state index contributed by atoms with van der Waals surface area (Å²) in [5.74, 6) is -0.00914. The van der Waals surface area contributed by atoms with Gasteiger partial charge in [0.05, 0.1) is 11.4 Å². The number of carbonyl (C=O) groups is 1. The molecule has 0 saturated heterocycles. The summed E-state index contributed by atoms with van der Waals surface area (Å²) < 4.78 is 0. The van der Waals surface area contributed by atoms with Crippen LogP contribution in [-0.2, 0) is 4.79 Å². The number of nitrogens with one attached hydrogen (secondary N) is 1. The van der Waals surface area contributed by atoms with Crippen molar-refractivity contribution >= 4 is 23.4 Å². The van der Waals surface area contributed by atoms with Gasteiger partial charge in [-0.3, -0.25) is 4.79 Å². The van der Waals surface area contributed by atoms with Gasteiger partial charge in [0, 0.05) is 13.5 Å². The van der Waals surface area contributed by atoms with Crippen molar-refractivity contribution in [3.8, 4) is 0 Å². The second-order valence-corrected chi connectivity index (χ2v) is 3.56. The van der Waals surface area contributed by atoms with Gasteiger partial charge in [0.2, 0.25) is 5.91 Å². The molecule has 1 aromatic carbocycles. The van der Waals surface area contributed by atoms with E-state index in [9.17, 15) is 4.79 Å². The Morgan fingerprint density at radius 2 is 2.12 bits per heavy atom. The van der Waals surface area contributed by atoms with E-state index >= 15 is 0 Å². The van der Waals surface area contributed by atoms with E-state index in [0.29, 0.717) is 17.9 Å². The zero-order chi connectivity index (χ0) is 12.0. The normalized spacial score (nSPS) is 10.6. The molecule has 0 bridgehead atoms. The molecular formula is C12H17N3O. The number of benzene rings is 1. The molecule has 0 aromatic heterocycles. The quantitative estimate of drug-likeness (QED) is 0.528. The number of amides is 1. The number of nitrogen functional groups attached to an aromatic ring is 2. The molecule has 0 heterocycles. The maximum absolute atomic E-state index is 10.6. The highest BCUT2D eigenvalue weighted by atomic mass is 16.1. The fourth-order valence-electron chi connectivity index (χ4n) is 1.25. The summed E-state index contributed by atoms with van der Waals surface area (Å²) in [6.07, 6.45) is 4.74. The Hall–Kier alpha value is -1.97. The minimum atomic E-state index is -0.00914. The number of anilines is 2. The van der Waals surface area contributed by atoms with E-state index in [2.05, 4.69) is 5.32 Å². The van der Waals surface area contributed by atoms with Crippen LogP contribution in [0.25, 0.3) is 6.08 Å². The summed E-state index contributed by atoms with van der Waals surface area (Å²) >= 11 is 0. The lowest BCUT2D eigenvalue weighted by atomic mass is 10.1. The van der Waals surface area contributed by atoms with E-state index in [1.54, 1.807) is 6.07 Å². The average Bonchev–Trinajstić information content (AvgIpc) is 2.22. The Labute approximate surface area is 95.3 Å². The summed E-state index contributed by atoms with van der Waals surface area (Å²) in [6.45, 7) is 2.15. The second kappa shape index (κ2) is 5.80. The van der Waals surface area contributed by atoms with E-state index in [1.807, 2.05) is 24.3 Å². The summed E-state index contributed by atoms with van der Waals surface area (Å²) in [4.78, 5) is 10.6. The van der Waals surface area contributed by atoms with E-state index < -0.39 is 0 Å². The Morgan fingerprint density at radius 1 is 1.38 bits per heavy atom. The molecule has 86 valence electrons. The van der Waals surface area contributed by atoms with Gasteiger partial charge in [-0.2, -0.15) is 0 Å². The fraction of sp³-hybridized carbons (Fsp3) is 0.250. The van der Waals surface area contributed by atoms with Gasteiger partial charge in [-0.05, 0) is 24.1 Å². The van der Waals surface area contributed by atoms with E-state index in [1.165, 1.54) is 6.92 Å². The molecule has 0 aliphatic heterocycles. The number of carbonyl (C=O) groups excluding carboxylic acids is 1. The van der Waals surface area contributed by atoms with Crippen molar-refractivity contribution in [3.05, 3.63) is 29.8 Å². The summed E-state index contributed by atoms with van der Waals surface area (Å²) in [6, 6.07) is 5.51. The van der Waals surface area contributed by atoms with Gasteiger partial charge in [-0.25, -0.2) is 0 Å². The van der Waals surface area contributed by atoms with Crippen LogP contribution in [0, 0.1) is 0 Å². The lowest BCUT2D eigenvalue weighted by Crippen LogP contribution is -2.20. The molecule has 5 N–H and O–H groups in total. The van der Waals surface area contributed by atoms with Crippen LogP contribution in [-0.4, -0.2) is 12.5 Å². The van der Waals surface area contributed by atoms with Crippen molar-refractivity contribution < 1.29 is 4.79 Å². The third-order valence-electron chi connectivity index (χ3n) is 2.11. The van der Waals surface area contributed by atoms with Crippen LogP contribution >= 0.6 is 0 Å². The zero-order valence-corrected chi connectivity index (χ0v) is 9.36. The number of hydrogen-bond acceptors (Lipinski definition) is 3. The van der Waals surface area contributed by atoms with Gasteiger partial charge in [0.1, 0.15) is 0 Å². The molecule has 0 atom stereocenters. The highest BCUT2D eigenvalue weighted by Crippen LogP contribution is 2.16. The maximum Gasteiger partial charge on any atom is 0.216 e. The lowest BCUT2D eigenvalue weighted by Gasteiger charge is -2.01. The van der Waals surface area contributed by atoms with Crippen LogP contribution < -0.4 is 16.8 Å². The topological polar surface area (TPSA) is 81.1 Å². The molecule has 0 radical (unpaired) electrons. The molecule has 4 nitrogen and oxygen atoms in total. The highest BCUT2D eigenvalue weighted by molar-refractivity contribution is 5.72. The third-order valence-corrected chi connectivity index (χ3v) is 2.11. The molecule has 4 heteroatoms. The number of rotatable bonds is 4. The monoisotopic (exact) mass is 219 g/mol. The predicted molar refractivity (Wildman–Crippen MR) is 67.6 cm³/mol. The standard InChI is InChI=1S/C12H17N3O/c1-9(16)15-7-3-2-4-10-5-6-11(13)12(14)8-10/h2,4-6,8H,3,7,13-14H2,1H3,(H,15,16). The van der Waals surface area contributed by atoms with Crippen molar-refractivity contribution in [2.45, 2.75) is 13.3 Å². The molecule has 0 fully saturated rings. The highest BCUT2D eigenvalue weighted by Gasteiger charge is 1.93. The largest absolute Gasteiger partial charge is 0.397 e. The number of nitrogens with two attached hydrogens (primary N) is 2. The molecule has 0 saturated carbocycles. The Kier molecular flexibility index (Phi) is 4.39. The summed E-state index contributed by atoms with van der Waals surface area (Å²) in [5.41, 5.74) is 13.5. The van der Waals surface area contributed by atoms with Crippen LogP contribution in [0.5, 0.6) is 0 Å². The first kappa shape index (κ1) is 12.1. The summed E-state index contributed by atoms with van der Waals surface area (Å²) in [7, 11) is 0. The van der Waals surface area contributed by atoms with Crippen LogP contribution in [0.1, 0.15) is 18.9 Å². The minimum absolute atomic E-state index is 0.00914. The molecule has 0 spiro atoms. The van der Waals surface area contributed by atoms with Gasteiger partial charge in [0.25, 0.3) is 0 Å². The Balaban J connectivity index is 2.44. The van der Waals surface area contributed by atoms with Crippen molar-refractivity contribution in [1.82, 2.24) is 5.32 Å². The molecular weight excluding hydrogens is 202 g/mol. The first-order chi connectivity index (χ1) is 7.59. The molecule has 1 aromatic rings. The Morgan fingerprint density at radius 3 is 2.75 bits per heavy atom. The molecule has 16 heavy (non-hydrogen) atoms.